The summed E-state index contributed by atoms with van der Waals surface area (Å²) in [7, 11) is 1.56. The maximum atomic E-state index is 14.1. The summed E-state index contributed by atoms with van der Waals surface area (Å²) in [5.41, 5.74) is 8.42. The average Bonchev–Trinajstić information content (AvgIpc) is 3.84. The molecule has 5 rings (SSSR count). The number of methoxy groups -OCH3 is 1. The zero-order valence-corrected chi connectivity index (χ0v) is 41.3. The van der Waals surface area contributed by atoms with Crippen LogP contribution in [0.3, 0.4) is 0 Å². The summed E-state index contributed by atoms with van der Waals surface area (Å²) in [6, 6.07) is 13.3. The first-order valence-corrected chi connectivity index (χ1v) is 24.6. The number of anilines is 1. The molecule has 7 amide bonds. The average molecular weight is 984 g/mol. The van der Waals surface area contributed by atoms with E-state index in [1.165, 1.54) is 37.4 Å². The maximum Gasteiger partial charge on any atom is 0.245 e. The van der Waals surface area contributed by atoms with Crippen molar-refractivity contribution in [3.63, 3.8) is 0 Å². The van der Waals surface area contributed by atoms with Crippen LogP contribution >= 0.6 is 11.8 Å². The highest BCUT2D eigenvalue weighted by Gasteiger charge is 2.38. The summed E-state index contributed by atoms with van der Waals surface area (Å²) in [5.74, 6) is -3.23. The summed E-state index contributed by atoms with van der Waals surface area (Å²) < 4.78 is 5.23. The van der Waals surface area contributed by atoms with Gasteiger partial charge < -0.3 is 52.6 Å². The predicted octanol–water partition coefficient (Wildman–Crippen LogP) is 1.80. The molecule has 0 unspecified atom stereocenters. The third-order valence-electron chi connectivity index (χ3n) is 11.8. The van der Waals surface area contributed by atoms with E-state index in [2.05, 4.69) is 37.2 Å². The van der Waals surface area contributed by atoms with Crippen LogP contribution in [-0.2, 0) is 39.3 Å². The topological polar surface area (TPSA) is 276 Å². The number of carbonyl (C=O) groups is 9. The Kier molecular flexibility index (Phi) is 19.9. The van der Waals surface area contributed by atoms with Crippen molar-refractivity contribution in [1.82, 2.24) is 36.8 Å². The number of rotatable bonds is 24. The van der Waals surface area contributed by atoms with Crippen LogP contribution in [0.5, 0.6) is 5.75 Å². The molecule has 2 aliphatic rings. The summed E-state index contributed by atoms with van der Waals surface area (Å²) in [4.78, 5) is 121. The largest absolute Gasteiger partial charge is 0.497 e. The Hall–Kier alpha value is -6.80. The lowest BCUT2D eigenvalue weighted by atomic mass is 9.83. The fourth-order valence-electron chi connectivity index (χ4n) is 7.98. The molecule has 1 aliphatic heterocycles. The zero-order valence-electron chi connectivity index (χ0n) is 40.5. The number of nitrogens with one attached hydrogen (secondary N) is 7. The van der Waals surface area contributed by atoms with Crippen molar-refractivity contribution >= 4 is 70.4 Å². The minimum atomic E-state index is -1.15. The number of likely N-dealkylation sites (tertiary alicyclic amines) is 1. The number of ketones is 2. The van der Waals surface area contributed by atoms with Crippen molar-refractivity contribution in [2.24, 2.45) is 11.7 Å². The van der Waals surface area contributed by atoms with Gasteiger partial charge in [-0.1, -0.05) is 62.4 Å². The van der Waals surface area contributed by atoms with Gasteiger partial charge in [-0.3, -0.25) is 43.2 Å². The third-order valence-corrected chi connectivity index (χ3v) is 12.9. The van der Waals surface area contributed by atoms with Crippen LogP contribution in [0.2, 0.25) is 0 Å². The monoisotopic (exact) mass is 983 g/mol. The van der Waals surface area contributed by atoms with E-state index < -0.39 is 78.2 Å². The molecule has 0 radical (unpaired) electrons. The van der Waals surface area contributed by atoms with E-state index in [-0.39, 0.29) is 42.1 Å². The Labute approximate surface area is 412 Å². The first-order chi connectivity index (χ1) is 33.4. The number of amides is 7. The fraction of sp³-hybridized carbons (Fsp3) is 0.460. The molecule has 0 aromatic heterocycles. The van der Waals surface area contributed by atoms with Gasteiger partial charge in [0.1, 0.15) is 36.0 Å². The van der Waals surface area contributed by atoms with E-state index in [4.69, 9.17) is 10.5 Å². The number of thioether (sulfide) groups is 1. The Morgan fingerprint density at radius 3 is 2.03 bits per heavy atom. The molecule has 0 spiro atoms. The Bertz CT molecular complexity index is 2410. The van der Waals surface area contributed by atoms with Crippen molar-refractivity contribution in [1.29, 1.82) is 0 Å². The summed E-state index contributed by atoms with van der Waals surface area (Å²) >= 11 is 1.35. The SMILES string of the molecule is COc1ccc(CSC[C@H](NC(=O)[C@H](C)NC(=O)[C@H](C)NC(=O)[C@@H](C)N)C(=O)NCC(=O)N[C@@H](CC(C)C)C(=O)N2CCC[C@H]2C(=O)NCCCNc2cccc3c2C(=O)c2ccccc2C3=O)cc1. The van der Waals surface area contributed by atoms with Gasteiger partial charge in [-0.25, -0.2) is 0 Å². The summed E-state index contributed by atoms with van der Waals surface area (Å²) in [6.45, 7) is 8.55. The number of benzene rings is 3. The molecule has 70 heavy (non-hydrogen) atoms. The molecule has 0 bridgehead atoms. The molecule has 1 fully saturated rings. The van der Waals surface area contributed by atoms with Crippen LogP contribution in [0.4, 0.5) is 5.69 Å². The van der Waals surface area contributed by atoms with Gasteiger partial charge in [-0.15, -0.1) is 0 Å². The van der Waals surface area contributed by atoms with Crippen LogP contribution in [0.25, 0.3) is 0 Å². The fourth-order valence-corrected chi connectivity index (χ4v) is 8.99. The first-order valence-electron chi connectivity index (χ1n) is 23.5. The van der Waals surface area contributed by atoms with E-state index in [1.54, 1.807) is 61.7 Å². The number of carbonyl (C=O) groups excluding carboxylic acids is 9. The Morgan fingerprint density at radius 2 is 1.37 bits per heavy atom. The van der Waals surface area contributed by atoms with Crippen molar-refractivity contribution in [3.05, 3.63) is 94.5 Å². The molecule has 20 heteroatoms. The third kappa shape index (κ3) is 14.6. The van der Waals surface area contributed by atoms with Crippen LogP contribution in [0.1, 0.15) is 97.7 Å². The van der Waals surface area contributed by atoms with Gasteiger partial charge >= 0.3 is 0 Å². The molecule has 1 heterocycles. The second-order valence-corrected chi connectivity index (χ2v) is 18.9. The number of hydrogen-bond acceptors (Lipinski definition) is 13. The van der Waals surface area contributed by atoms with Crippen LogP contribution < -0.4 is 47.7 Å². The highest BCUT2D eigenvalue weighted by molar-refractivity contribution is 7.98. The molecular weight excluding hydrogens is 919 g/mol. The minimum Gasteiger partial charge on any atom is -0.497 e. The maximum absolute atomic E-state index is 14.1. The normalized spacial score (nSPS) is 16.1. The van der Waals surface area contributed by atoms with Gasteiger partial charge in [0.2, 0.25) is 41.4 Å². The van der Waals surface area contributed by atoms with E-state index in [0.29, 0.717) is 71.8 Å². The molecule has 1 aliphatic carbocycles. The van der Waals surface area contributed by atoms with Gasteiger partial charge in [-0.05, 0) is 76.1 Å². The first kappa shape index (κ1) is 54.1. The van der Waals surface area contributed by atoms with Gasteiger partial charge in [0.25, 0.3) is 0 Å². The summed E-state index contributed by atoms with van der Waals surface area (Å²) in [6.07, 6.45) is 1.74. The molecule has 376 valence electrons. The Morgan fingerprint density at radius 1 is 0.729 bits per heavy atom. The number of ether oxygens (including phenoxy) is 1. The highest BCUT2D eigenvalue weighted by atomic mass is 32.2. The highest BCUT2D eigenvalue weighted by Crippen LogP contribution is 2.32. The molecule has 3 aromatic carbocycles. The molecule has 3 aromatic rings. The van der Waals surface area contributed by atoms with Gasteiger partial charge in [0, 0.05) is 53.5 Å². The zero-order chi connectivity index (χ0) is 51.1. The predicted molar refractivity (Wildman–Crippen MR) is 265 cm³/mol. The van der Waals surface area contributed by atoms with Gasteiger partial charge in [0.05, 0.1) is 25.3 Å². The second kappa shape index (κ2) is 25.7. The lowest BCUT2D eigenvalue weighted by Gasteiger charge is -2.29. The lowest BCUT2D eigenvalue weighted by Crippen LogP contribution is -2.57. The van der Waals surface area contributed by atoms with Crippen molar-refractivity contribution in [2.75, 3.05) is 44.4 Å². The molecular formula is C50H65N9O10S. The van der Waals surface area contributed by atoms with Gasteiger partial charge in [-0.2, -0.15) is 11.8 Å². The Balaban J connectivity index is 1.14. The number of nitrogens with zero attached hydrogens (tertiary/aromatic N) is 1. The van der Waals surface area contributed by atoms with Crippen molar-refractivity contribution in [3.8, 4) is 5.75 Å². The molecule has 19 nitrogen and oxygen atoms in total. The standard InChI is InChI=1S/C50H65N9O10S/c1-28(2)24-38(50(68)59-23-10-16-40(59)49(67)53-22-11-21-52-37-15-9-14-36-42(37)44(62)35-13-8-7-12-34(35)43(36)61)57-41(60)25-54-48(66)39(27-70-26-32-17-19-33(69-6)20-18-32)58-47(65)31(5)56-46(64)30(4)55-45(63)29(3)51/h7-9,12-15,17-20,28-31,38-40,52H,10-11,16,21-27,51H2,1-6H3,(H,53,67)(H,54,66)(H,55,63)(H,56,64)(H,57,60)(H,58,65)/t29-,30+,31+,38+,39+,40+/m1/s1. The van der Waals surface area contributed by atoms with E-state index in [1.807, 2.05) is 26.0 Å². The molecule has 6 atom stereocenters. The molecule has 0 saturated carbocycles. The lowest BCUT2D eigenvalue weighted by molar-refractivity contribution is -0.141. The number of nitrogens with two attached hydrogens (primary N) is 1. The van der Waals surface area contributed by atoms with Crippen LogP contribution in [0.15, 0.2) is 66.7 Å². The van der Waals surface area contributed by atoms with Crippen LogP contribution in [0, 0.1) is 5.92 Å². The van der Waals surface area contributed by atoms with E-state index in [9.17, 15) is 43.2 Å². The quantitative estimate of drug-likeness (QED) is 0.0466. The van der Waals surface area contributed by atoms with Crippen LogP contribution in [-0.4, -0.2) is 133 Å². The second-order valence-electron chi connectivity index (χ2n) is 17.8. The van der Waals surface area contributed by atoms with Crippen molar-refractivity contribution in [2.45, 2.75) is 102 Å². The number of fused-ring (bicyclic) bond motifs is 2. The molecule has 1 saturated heterocycles. The van der Waals surface area contributed by atoms with Crippen molar-refractivity contribution < 1.29 is 47.9 Å². The molecule has 9 N–H and O–H groups in total. The minimum absolute atomic E-state index is 0.0297. The van der Waals surface area contributed by atoms with E-state index >= 15 is 0 Å². The van der Waals surface area contributed by atoms with E-state index in [0.717, 1.165) is 5.56 Å². The number of hydrogen-bond donors (Lipinski definition) is 8. The smallest absolute Gasteiger partial charge is 0.245 e. The summed E-state index contributed by atoms with van der Waals surface area (Å²) in [5, 5.41) is 19.1. The van der Waals surface area contributed by atoms with Gasteiger partial charge in [0.15, 0.2) is 11.6 Å².